The van der Waals surface area contributed by atoms with E-state index < -0.39 is 0 Å². The summed E-state index contributed by atoms with van der Waals surface area (Å²) >= 11 is 0. The van der Waals surface area contributed by atoms with Crippen LogP contribution in [0.25, 0.3) is 0 Å². The summed E-state index contributed by atoms with van der Waals surface area (Å²) in [5, 5.41) is 10.3. The molecule has 0 bridgehead atoms. The first-order valence-corrected chi connectivity index (χ1v) is 7.85. The summed E-state index contributed by atoms with van der Waals surface area (Å²) in [5.74, 6) is 0.869. The van der Waals surface area contributed by atoms with E-state index in [4.69, 9.17) is 4.74 Å². The highest BCUT2D eigenvalue weighted by Crippen LogP contribution is 2.23. The van der Waals surface area contributed by atoms with E-state index in [1.165, 1.54) is 25.8 Å². The number of ether oxygens (including phenoxy) is 1. The summed E-state index contributed by atoms with van der Waals surface area (Å²) in [6.07, 6.45) is 4.36. The van der Waals surface area contributed by atoms with Gasteiger partial charge in [0.05, 0.1) is 12.7 Å². The van der Waals surface area contributed by atoms with Crippen LogP contribution in [-0.4, -0.2) is 35.7 Å². The first kappa shape index (κ1) is 15.3. The van der Waals surface area contributed by atoms with Gasteiger partial charge in [-0.25, -0.2) is 0 Å². The molecule has 1 aliphatic heterocycles. The molecular weight excluding hydrogens is 250 g/mol. The first-order valence-electron chi connectivity index (χ1n) is 7.85. The maximum Gasteiger partial charge on any atom is 0.119 e. The maximum absolute atomic E-state index is 10.3. The predicted molar refractivity (Wildman–Crippen MR) is 82.1 cm³/mol. The van der Waals surface area contributed by atoms with Gasteiger partial charge < -0.3 is 14.7 Å². The molecule has 1 aromatic carbocycles. The molecule has 0 radical (unpaired) electrons. The minimum absolute atomic E-state index is 0.375. The minimum Gasteiger partial charge on any atom is -0.494 e. The Hall–Kier alpha value is -1.06. The SMILES string of the molecule is CCOc1ccc(C(O)CCN2CCCCC2C)cc1. The third-order valence-corrected chi connectivity index (χ3v) is 4.21. The molecule has 0 spiro atoms. The van der Waals surface area contributed by atoms with Crippen molar-refractivity contribution < 1.29 is 9.84 Å². The van der Waals surface area contributed by atoms with Crippen molar-refractivity contribution in [1.29, 1.82) is 0 Å². The molecule has 20 heavy (non-hydrogen) atoms. The fraction of sp³-hybridized carbons (Fsp3) is 0.647. The van der Waals surface area contributed by atoms with Crippen LogP contribution in [0.15, 0.2) is 24.3 Å². The first-order chi connectivity index (χ1) is 9.70. The van der Waals surface area contributed by atoms with Crippen LogP contribution in [0.5, 0.6) is 5.75 Å². The van der Waals surface area contributed by atoms with Gasteiger partial charge in [0.2, 0.25) is 0 Å². The van der Waals surface area contributed by atoms with Crippen LogP contribution >= 0.6 is 0 Å². The van der Waals surface area contributed by atoms with E-state index in [1.807, 2.05) is 31.2 Å². The van der Waals surface area contributed by atoms with Gasteiger partial charge in [-0.15, -0.1) is 0 Å². The molecule has 0 saturated carbocycles. The molecule has 2 rings (SSSR count). The predicted octanol–water partition coefficient (Wildman–Crippen LogP) is 3.38. The summed E-state index contributed by atoms with van der Waals surface area (Å²) in [5.41, 5.74) is 0.984. The van der Waals surface area contributed by atoms with E-state index in [0.29, 0.717) is 12.6 Å². The molecule has 0 aliphatic carbocycles. The van der Waals surface area contributed by atoms with Crippen LogP contribution in [0.4, 0.5) is 0 Å². The van der Waals surface area contributed by atoms with Crippen molar-refractivity contribution >= 4 is 0 Å². The van der Waals surface area contributed by atoms with E-state index in [2.05, 4.69) is 11.8 Å². The van der Waals surface area contributed by atoms with Gasteiger partial charge in [0, 0.05) is 12.6 Å². The van der Waals surface area contributed by atoms with Gasteiger partial charge in [0.15, 0.2) is 0 Å². The van der Waals surface area contributed by atoms with Gasteiger partial charge >= 0.3 is 0 Å². The number of likely N-dealkylation sites (tertiary alicyclic amines) is 1. The second-order valence-corrected chi connectivity index (χ2v) is 5.69. The Morgan fingerprint density at radius 2 is 2.05 bits per heavy atom. The van der Waals surface area contributed by atoms with Crippen LogP contribution < -0.4 is 4.74 Å². The summed E-state index contributed by atoms with van der Waals surface area (Å²) in [6.45, 7) is 7.10. The molecule has 1 N–H and O–H groups in total. The summed E-state index contributed by atoms with van der Waals surface area (Å²) in [6, 6.07) is 8.47. The summed E-state index contributed by atoms with van der Waals surface area (Å²) in [4.78, 5) is 2.50. The smallest absolute Gasteiger partial charge is 0.119 e. The van der Waals surface area contributed by atoms with Crippen molar-refractivity contribution in [2.75, 3.05) is 19.7 Å². The van der Waals surface area contributed by atoms with E-state index in [9.17, 15) is 5.11 Å². The van der Waals surface area contributed by atoms with E-state index in [1.54, 1.807) is 0 Å². The van der Waals surface area contributed by atoms with Crippen molar-refractivity contribution in [1.82, 2.24) is 4.90 Å². The van der Waals surface area contributed by atoms with E-state index >= 15 is 0 Å². The minimum atomic E-state index is -0.375. The summed E-state index contributed by atoms with van der Waals surface area (Å²) < 4.78 is 5.42. The number of piperidine rings is 1. The zero-order valence-electron chi connectivity index (χ0n) is 12.7. The number of rotatable bonds is 6. The number of hydrogen-bond donors (Lipinski definition) is 1. The summed E-state index contributed by atoms with van der Waals surface area (Å²) in [7, 11) is 0. The molecule has 0 amide bonds. The van der Waals surface area contributed by atoms with Gasteiger partial charge in [-0.05, 0) is 57.4 Å². The van der Waals surface area contributed by atoms with Crippen LogP contribution in [0, 0.1) is 0 Å². The standard InChI is InChI=1S/C17H27NO2/c1-3-20-16-9-7-15(8-10-16)17(19)11-13-18-12-5-4-6-14(18)2/h7-10,14,17,19H,3-6,11-13H2,1-2H3. The molecule has 2 atom stereocenters. The molecule has 3 nitrogen and oxygen atoms in total. The highest BCUT2D eigenvalue weighted by atomic mass is 16.5. The van der Waals surface area contributed by atoms with Gasteiger partial charge in [0.1, 0.15) is 5.75 Å². The molecule has 1 aliphatic rings. The molecule has 1 heterocycles. The average Bonchev–Trinajstić information content (AvgIpc) is 2.47. The van der Waals surface area contributed by atoms with Gasteiger partial charge in [0.25, 0.3) is 0 Å². The lowest BCUT2D eigenvalue weighted by Gasteiger charge is -2.33. The molecule has 1 saturated heterocycles. The number of benzene rings is 1. The van der Waals surface area contributed by atoms with E-state index in [-0.39, 0.29) is 6.10 Å². The number of nitrogens with zero attached hydrogens (tertiary/aromatic N) is 1. The second-order valence-electron chi connectivity index (χ2n) is 5.69. The highest BCUT2D eigenvalue weighted by molar-refractivity contribution is 5.28. The molecule has 1 fully saturated rings. The van der Waals surface area contributed by atoms with Crippen molar-refractivity contribution in [3.05, 3.63) is 29.8 Å². The van der Waals surface area contributed by atoms with Gasteiger partial charge in [-0.2, -0.15) is 0 Å². The normalized spacial score (nSPS) is 21.6. The lowest BCUT2D eigenvalue weighted by Crippen LogP contribution is -2.38. The second kappa shape index (κ2) is 7.65. The van der Waals surface area contributed by atoms with Crippen LogP contribution in [0.2, 0.25) is 0 Å². The Morgan fingerprint density at radius 3 is 2.70 bits per heavy atom. The Labute approximate surface area is 122 Å². The van der Waals surface area contributed by atoms with Gasteiger partial charge in [-0.1, -0.05) is 18.6 Å². The number of aliphatic hydroxyl groups is 1. The Bertz CT molecular complexity index is 390. The average molecular weight is 277 g/mol. The molecule has 2 unspecified atom stereocenters. The van der Waals surface area contributed by atoms with Crippen molar-refractivity contribution in [2.24, 2.45) is 0 Å². The molecule has 112 valence electrons. The molecular formula is C17H27NO2. The van der Waals surface area contributed by atoms with Crippen LogP contribution in [0.1, 0.15) is 51.2 Å². The maximum atomic E-state index is 10.3. The fourth-order valence-electron chi connectivity index (χ4n) is 2.90. The quantitative estimate of drug-likeness (QED) is 0.865. The Morgan fingerprint density at radius 1 is 1.30 bits per heavy atom. The fourth-order valence-corrected chi connectivity index (χ4v) is 2.90. The zero-order chi connectivity index (χ0) is 14.4. The van der Waals surface area contributed by atoms with E-state index in [0.717, 1.165) is 24.3 Å². The molecule has 1 aromatic rings. The lowest BCUT2D eigenvalue weighted by atomic mass is 10.0. The van der Waals surface area contributed by atoms with Crippen molar-refractivity contribution in [2.45, 2.75) is 51.7 Å². The lowest BCUT2D eigenvalue weighted by molar-refractivity contribution is 0.109. The highest BCUT2D eigenvalue weighted by Gasteiger charge is 2.19. The van der Waals surface area contributed by atoms with Crippen LogP contribution in [0.3, 0.4) is 0 Å². The Balaban J connectivity index is 1.83. The zero-order valence-corrected chi connectivity index (χ0v) is 12.7. The molecule has 3 heteroatoms. The Kier molecular flexibility index (Phi) is 5.86. The number of hydrogen-bond acceptors (Lipinski definition) is 3. The number of aliphatic hydroxyl groups excluding tert-OH is 1. The third kappa shape index (κ3) is 4.22. The van der Waals surface area contributed by atoms with Crippen LogP contribution in [-0.2, 0) is 0 Å². The van der Waals surface area contributed by atoms with Crippen molar-refractivity contribution in [3.63, 3.8) is 0 Å². The topological polar surface area (TPSA) is 32.7 Å². The largest absolute Gasteiger partial charge is 0.494 e. The monoisotopic (exact) mass is 277 g/mol. The van der Waals surface area contributed by atoms with Gasteiger partial charge in [-0.3, -0.25) is 0 Å². The van der Waals surface area contributed by atoms with Crippen molar-refractivity contribution in [3.8, 4) is 5.75 Å². The molecule has 0 aromatic heterocycles. The third-order valence-electron chi connectivity index (χ3n) is 4.21.